The zero-order valence-electron chi connectivity index (χ0n) is 10.9. The molecule has 0 saturated carbocycles. The van der Waals surface area contributed by atoms with Gasteiger partial charge in [-0.1, -0.05) is 0 Å². The van der Waals surface area contributed by atoms with E-state index in [9.17, 15) is 9.59 Å². The van der Waals surface area contributed by atoms with Gasteiger partial charge < -0.3 is 14.4 Å². The molecule has 0 aliphatic carbocycles. The smallest absolute Gasteiger partial charge is 0.337 e. The molecule has 1 fully saturated rings. The molecule has 0 bridgehead atoms. The molecule has 1 aliphatic heterocycles. The van der Waals surface area contributed by atoms with Gasteiger partial charge in [-0.2, -0.15) is 0 Å². The average molecular weight is 263 g/mol. The number of hydrogen-bond acceptors (Lipinski definition) is 4. The summed E-state index contributed by atoms with van der Waals surface area (Å²) >= 11 is 0. The van der Waals surface area contributed by atoms with E-state index in [2.05, 4.69) is 0 Å². The third-order valence-electron chi connectivity index (χ3n) is 2.88. The van der Waals surface area contributed by atoms with Gasteiger partial charge in [-0.05, 0) is 37.6 Å². The number of carbonyl (C=O) groups excluding carboxylic acids is 2. The maximum atomic E-state index is 11.6. The fourth-order valence-corrected chi connectivity index (χ4v) is 1.96. The summed E-state index contributed by atoms with van der Waals surface area (Å²) in [5.74, 6) is 0.174. The van der Waals surface area contributed by atoms with E-state index in [1.165, 1.54) is 0 Å². The van der Waals surface area contributed by atoms with Gasteiger partial charge in [0.25, 0.3) is 0 Å². The number of amides is 1. The van der Waals surface area contributed by atoms with Gasteiger partial charge in [0.1, 0.15) is 12.4 Å². The van der Waals surface area contributed by atoms with Crippen LogP contribution in [0.5, 0.6) is 5.75 Å². The Labute approximate surface area is 112 Å². The molecule has 5 nitrogen and oxygen atoms in total. The van der Waals surface area contributed by atoms with Crippen LogP contribution < -0.4 is 9.64 Å². The van der Waals surface area contributed by atoms with E-state index in [4.69, 9.17) is 9.47 Å². The van der Waals surface area contributed by atoms with Crippen LogP contribution in [-0.2, 0) is 14.3 Å². The second-order valence-corrected chi connectivity index (χ2v) is 4.25. The molecule has 0 spiro atoms. The van der Waals surface area contributed by atoms with Gasteiger partial charge >= 0.3 is 5.97 Å². The molecule has 1 saturated heterocycles. The molecule has 2 rings (SSSR count). The number of esters is 1. The van der Waals surface area contributed by atoms with Crippen LogP contribution in [0.15, 0.2) is 24.3 Å². The molecule has 1 aromatic rings. The van der Waals surface area contributed by atoms with Crippen LogP contribution in [-0.4, -0.2) is 31.6 Å². The van der Waals surface area contributed by atoms with Crippen LogP contribution in [0.3, 0.4) is 0 Å². The van der Waals surface area contributed by atoms with Crippen molar-refractivity contribution >= 4 is 17.6 Å². The Balaban J connectivity index is 1.94. The molecule has 1 aliphatic rings. The van der Waals surface area contributed by atoms with Crippen molar-refractivity contribution in [2.75, 3.05) is 24.7 Å². The van der Waals surface area contributed by atoms with E-state index >= 15 is 0 Å². The maximum Gasteiger partial charge on any atom is 0.337 e. The van der Waals surface area contributed by atoms with E-state index in [1.807, 2.05) is 6.92 Å². The number of rotatable bonds is 5. The van der Waals surface area contributed by atoms with Crippen LogP contribution in [0.2, 0.25) is 0 Å². The molecule has 1 aromatic carbocycles. The zero-order valence-corrected chi connectivity index (χ0v) is 10.9. The van der Waals surface area contributed by atoms with Crippen LogP contribution in [0.25, 0.3) is 0 Å². The molecule has 19 heavy (non-hydrogen) atoms. The summed E-state index contributed by atoms with van der Waals surface area (Å²) in [6.07, 6.45) is 1.50. The Morgan fingerprint density at radius 1 is 1.32 bits per heavy atom. The van der Waals surface area contributed by atoms with Crippen molar-refractivity contribution in [3.63, 3.8) is 0 Å². The van der Waals surface area contributed by atoms with Crippen molar-refractivity contribution in [3.8, 4) is 5.75 Å². The lowest BCUT2D eigenvalue weighted by atomic mass is 10.3. The molecular formula is C14H17NO4. The lowest BCUT2D eigenvalue weighted by molar-refractivity contribution is -0.139. The quantitative estimate of drug-likeness (QED) is 0.600. The predicted octanol–water partition coefficient (Wildman–Crippen LogP) is 1.76. The highest BCUT2D eigenvalue weighted by atomic mass is 16.6. The minimum atomic E-state index is -0.424. The van der Waals surface area contributed by atoms with Crippen molar-refractivity contribution in [3.05, 3.63) is 24.3 Å². The second kappa shape index (κ2) is 6.33. The lowest BCUT2D eigenvalue weighted by Gasteiger charge is -2.15. The lowest BCUT2D eigenvalue weighted by Crippen LogP contribution is -2.23. The zero-order chi connectivity index (χ0) is 13.7. The number of anilines is 1. The summed E-state index contributed by atoms with van der Waals surface area (Å²) in [5, 5.41) is 0. The molecule has 1 amide bonds. The highest BCUT2D eigenvalue weighted by molar-refractivity contribution is 5.95. The molecule has 0 atom stereocenters. The van der Waals surface area contributed by atoms with E-state index in [1.54, 1.807) is 29.2 Å². The largest absolute Gasteiger partial charge is 0.425 e. The number of ether oxygens (including phenoxy) is 2. The molecule has 0 radical (unpaired) electrons. The average Bonchev–Trinajstić information content (AvgIpc) is 2.83. The van der Waals surface area contributed by atoms with Crippen molar-refractivity contribution in [2.24, 2.45) is 0 Å². The molecular weight excluding hydrogens is 246 g/mol. The minimum absolute atomic E-state index is 0.0527. The van der Waals surface area contributed by atoms with Gasteiger partial charge in [0.15, 0.2) is 0 Å². The summed E-state index contributed by atoms with van der Waals surface area (Å²) in [4.78, 5) is 24.7. The Kier molecular flexibility index (Phi) is 4.52. The van der Waals surface area contributed by atoms with Gasteiger partial charge in [-0.25, -0.2) is 4.79 Å². The standard InChI is InChI=1S/C14H17NO4/c1-2-18-10-14(17)19-12-7-5-11(6-8-12)15-9-3-4-13(15)16/h5-8H,2-4,9-10H2,1H3. The SMILES string of the molecule is CCOCC(=O)Oc1ccc(N2CCCC2=O)cc1. The molecule has 5 heteroatoms. The Morgan fingerprint density at radius 2 is 2.05 bits per heavy atom. The highest BCUT2D eigenvalue weighted by Crippen LogP contribution is 2.23. The predicted molar refractivity (Wildman–Crippen MR) is 70.2 cm³/mol. The molecule has 0 aromatic heterocycles. The monoisotopic (exact) mass is 263 g/mol. The Bertz CT molecular complexity index is 455. The van der Waals surface area contributed by atoms with Gasteiger partial charge in [0, 0.05) is 25.3 Å². The first kappa shape index (κ1) is 13.5. The number of hydrogen-bond donors (Lipinski definition) is 0. The maximum absolute atomic E-state index is 11.6. The van der Waals surface area contributed by atoms with Crippen LogP contribution in [0, 0.1) is 0 Å². The van der Waals surface area contributed by atoms with E-state index in [0.29, 0.717) is 18.8 Å². The van der Waals surface area contributed by atoms with E-state index in [-0.39, 0.29) is 12.5 Å². The first-order valence-electron chi connectivity index (χ1n) is 6.39. The number of benzene rings is 1. The highest BCUT2D eigenvalue weighted by Gasteiger charge is 2.21. The summed E-state index contributed by atoms with van der Waals surface area (Å²) in [5.41, 5.74) is 0.840. The molecule has 102 valence electrons. The van der Waals surface area contributed by atoms with Crippen LogP contribution in [0.1, 0.15) is 19.8 Å². The second-order valence-electron chi connectivity index (χ2n) is 4.25. The Morgan fingerprint density at radius 3 is 2.63 bits per heavy atom. The summed E-state index contributed by atoms with van der Waals surface area (Å²) < 4.78 is 10.1. The minimum Gasteiger partial charge on any atom is -0.425 e. The first-order valence-corrected chi connectivity index (χ1v) is 6.39. The van der Waals surface area contributed by atoms with Gasteiger partial charge in [-0.3, -0.25) is 4.79 Å². The summed E-state index contributed by atoms with van der Waals surface area (Å²) in [6.45, 7) is 2.99. The summed E-state index contributed by atoms with van der Waals surface area (Å²) in [7, 11) is 0. The summed E-state index contributed by atoms with van der Waals surface area (Å²) in [6, 6.07) is 6.94. The number of nitrogens with zero attached hydrogens (tertiary/aromatic N) is 1. The van der Waals surface area contributed by atoms with Gasteiger partial charge in [0.05, 0.1) is 0 Å². The van der Waals surface area contributed by atoms with Gasteiger partial charge in [-0.15, -0.1) is 0 Å². The number of carbonyl (C=O) groups is 2. The van der Waals surface area contributed by atoms with Crippen molar-refractivity contribution in [2.45, 2.75) is 19.8 Å². The van der Waals surface area contributed by atoms with E-state index < -0.39 is 5.97 Å². The van der Waals surface area contributed by atoms with Crippen molar-refractivity contribution < 1.29 is 19.1 Å². The van der Waals surface area contributed by atoms with Crippen LogP contribution in [0.4, 0.5) is 5.69 Å². The molecule has 1 heterocycles. The van der Waals surface area contributed by atoms with Crippen molar-refractivity contribution in [1.29, 1.82) is 0 Å². The topological polar surface area (TPSA) is 55.8 Å². The third-order valence-corrected chi connectivity index (χ3v) is 2.88. The molecule has 0 N–H and O–H groups in total. The fraction of sp³-hybridized carbons (Fsp3) is 0.429. The molecule has 0 unspecified atom stereocenters. The first-order chi connectivity index (χ1) is 9.20. The Hall–Kier alpha value is -1.88. The normalized spacial score (nSPS) is 14.8. The fourth-order valence-electron chi connectivity index (χ4n) is 1.96. The van der Waals surface area contributed by atoms with Crippen LogP contribution >= 0.6 is 0 Å². The van der Waals surface area contributed by atoms with E-state index in [0.717, 1.165) is 18.7 Å². The van der Waals surface area contributed by atoms with Gasteiger partial charge in [0.2, 0.25) is 5.91 Å². The van der Waals surface area contributed by atoms with Crippen molar-refractivity contribution in [1.82, 2.24) is 0 Å². The third kappa shape index (κ3) is 3.54.